The molecule has 0 bridgehead atoms. The minimum atomic E-state index is -3.63. The average Bonchev–Trinajstić information content (AvgIpc) is 2.97. The van der Waals surface area contributed by atoms with Gasteiger partial charge in [-0.05, 0) is 43.7 Å². The van der Waals surface area contributed by atoms with Crippen LogP contribution < -0.4 is 4.72 Å². The highest BCUT2D eigenvalue weighted by molar-refractivity contribution is 7.90. The van der Waals surface area contributed by atoms with E-state index in [-0.39, 0.29) is 35.7 Å². The van der Waals surface area contributed by atoms with Gasteiger partial charge in [-0.3, -0.25) is 19.3 Å². The Bertz CT molecular complexity index is 1130. The molecule has 7 nitrogen and oxygen atoms in total. The van der Waals surface area contributed by atoms with Crippen LogP contribution in [0.5, 0.6) is 0 Å². The molecule has 3 rings (SSSR count). The van der Waals surface area contributed by atoms with Gasteiger partial charge in [-0.2, -0.15) is 0 Å². The lowest BCUT2D eigenvalue weighted by Crippen LogP contribution is -2.24. The molecule has 0 unspecified atom stereocenters. The number of fused-ring (bicyclic) bond motifs is 1. The van der Waals surface area contributed by atoms with Gasteiger partial charge in [0.2, 0.25) is 5.78 Å². The summed E-state index contributed by atoms with van der Waals surface area (Å²) in [5.41, 5.74) is 0.360. The predicted molar refractivity (Wildman–Crippen MR) is 104 cm³/mol. The second-order valence-corrected chi connectivity index (χ2v) is 8.21. The van der Waals surface area contributed by atoms with Crippen LogP contribution >= 0.6 is 0 Å². The highest BCUT2D eigenvalue weighted by atomic mass is 32.2. The van der Waals surface area contributed by atoms with E-state index in [1.807, 2.05) is 0 Å². The van der Waals surface area contributed by atoms with Gasteiger partial charge in [-0.15, -0.1) is 0 Å². The Morgan fingerprint density at radius 2 is 1.87 bits per heavy atom. The number of esters is 1. The zero-order valence-corrected chi connectivity index (χ0v) is 16.7. The van der Waals surface area contributed by atoms with Crippen molar-refractivity contribution in [1.29, 1.82) is 0 Å². The fourth-order valence-corrected chi connectivity index (χ4v) is 4.11. The monoisotopic (exact) mass is 436 g/mol. The summed E-state index contributed by atoms with van der Waals surface area (Å²) in [6.45, 7) is 1.50. The van der Waals surface area contributed by atoms with Gasteiger partial charge >= 0.3 is 5.97 Å². The Kier molecular flexibility index (Phi) is 6.25. The number of hydrogen-bond donors (Lipinski definition) is 1. The van der Waals surface area contributed by atoms with Crippen molar-refractivity contribution in [3.63, 3.8) is 0 Å². The molecule has 0 amide bonds. The SMILES string of the molecule is C[C@@H](OC(=O)CCCN=C1NS(=O)(=O)c2ccccc21)C(=O)c1ccc(F)c(F)c1. The van der Waals surface area contributed by atoms with Gasteiger partial charge in [0, 0.05) is 24.1 Å². The fourth-order valence-electron chi connectivity index (χ4n) is 2.86. The summed E-state index contributed by atoms with van der Waals surface area (Å²) >= 11 is 0. The molecule has 1 atom stereocenters. The van der Waals surface area contributed by atoms with Crippen molar-refractivity contribution in [1.82, 2.24) is 4.72 Å². The molecule has 2 aromatic rings. The number of amidine groups is 1. The maximum atomic E-state index is 13.2. The molecule has 1 N–H and O–H groups in total. The molecule has 0 radical (unpaired) electrons. The highest BCUT2D eigenvalue weighted by Crippen LogP contribution is 2.22. The number of Topliss-reactive ketones (excluding diaryl/α,β-unsaturated/α-hetero) is 1. The topological polar surface area (TPSA) is 102 Å². The van der Waals surface area contributed by atoms with E-state index in [4.69, 9.17) is 4.74 Å². The molecule has 0 aromatic heterocycles. The molecule has 1 aliphatic rings. The molecule has 0 saturated heterocycles. The van der Waals surface area contributed by atoms with E-state index < -0.39 is 39.5 Å². The van der Waals surface area contributed by atoms with Crippen molar-refractivity contribution >= 4 is 27.6 Å². The second-order valence-electron chi connectivity index (χ2n) is 6.56. The zero-order chi connectivity index (χ0) is 21.9. The summed E-state index contributed by atoms with van der Waals surface area (Å²) in [7, 11) is -3.63. The first-order valence-electron chi connectivity index (χ1n) is 9.04. The number of benzene rings is 2. The van der Waals surface area contributed by atoms with Gasteiger partial charge < -0.3 is 4.74 Å². The number of sulfonamides is 1. The normalized spacial score (nSPS) is 16.6. The number of ketones is 1. The molecule has 10 heteroatoms. The van der Waals surface area contributed by atoms with Crippen LogP contribution in [0.15, 0.2) is 52.4 Å². The Balaban J connectivity index is 1.51. The third-order valence-corrected chi connectivity index (χ3v) is 5.75. The smallest absolute Gasteiger partial charge is 0.306 e. The predicted octanol–water partition coefficient (Wildman–Crippen LogP) is 2.60. The van der Waals surface area contributed by atoms with Crippen molar-refractivity contribution < 1.29 is 31.5 Å². The van der Waals surface area contributed by atoms with E-state index in [0.29, 0.717) is 5.56 Å². The minimum absolute atomic E-state index is 0.0550. The van der Waals surface area contributed by atoms with Crippen molar-refractivity contribution in [2.45, 2.75) is 30.8 Å². The van der Waals surface area contributed by atoms with E-state index in [9.17, 15) is 26.8 Å². The van der Waals surface area contributed by atoms with Crippen LogP contribution in [0.2, 0.25) is 0 Å². The summed E-state index contributed by atoms with van der Waals surface area (Å²) in [4.78, 5) is 28.4. The van der Waals surface area contributed by atoms with E-state index in [1.54, 1.807) is 18.2 Å². The first-order chi connectivity index (χ1) is 14.2. The van der Waals surface area contributed by atoms with Gasteiger partial charge in [0.15, 0.2) is 17.7 Å². The van der Waals surface area contributed by atoms with Crippen molar-refractivity contribution in [3.8, 4) is 0 Å². The number of carbonyl (C=O) groups is 2. The Labute approximate surface area is 171 Å². The van der Waals surface area contributed by atoms with Gasteiger partial charge in [-0.25, -0.2) is 17.2 Å². The van der Waals surface area contributed by atoms with E-state index in [2.05, 4.69) is 9.71 Å². The summed E-state index contributed by atoms with van der Waals surface area (Å²) < 4.78 is 57.6. The van der Waals surface area contributed by atoms with Gasteiger partial charge in [0.05, 0.1) is 4.90 Å². The van der Waals surface area contributed by atoms with Crippen LogP contribution in [-0.4, -0.2) is 38.7 Å². The number of rotatable bonds is 7. The number of halogens is 2. The standard InChI is InChI=1S/C20H18F2N2O5S/c1-12(19(26)13-8-9-15(21)16(22)11-13)29-18(25)7-4-10-23-20-14-5-2-3-6-17(14)30(27,28)24-20/h2-3,5-6,8-9,11-12H,4,7,10H2,1H3,(H,23,24)/t12-/m1/s1. The maximum Gasteiger partial charge on any atom is 0.306 e. The lowest BCUT2D eigenvalue weighted by Gasteiger charge is -2.12. The summed E-state index contributed by atoms with van der Waals surface area (Å²) in [5, 5.41) is 0. The number of nitrogens with one attached hydrogen (secondary N) is 1. The van der Waals surface area contributed by atoms with Crippen LogP contribution in [0.1, 0.15) is 35.7 Å². The van der Waals surface area contributed by atoms with Crippen LogP contribution in [0.4, 0.5) is 8.78 Å². The summed E-state index contributed by atoms with van der Waals surface area (Å²) in [6.07, 6.45) is -0.957. The van der Waals surface area contributed by atoms with Gasteiger partial charge in [0.1, 0.15) is 5.84 Å². The fraction of sp³-hybridized carbons (Fsp3) is 0.250. The second kappa shape index (κ2) is 8.70. The highest BCUT2D eigenvalue weighted by Gasteiger charge is 2.30. The quantitative estimate of drug-likeness (QED) is 0.408. The zero-order valence-electron chi connectivity index (χ0n) is 15.9. The van der Waals surface area contributed by atoms with Crippen LogP contribution in [0, 0.1) is 11.6 Å². The first-order valence-corrected chi connectivity index (χ1v) is 10.5. The van der Waals surface area contributed by atoms with Gasteiger partial charge in [-0.1, -0.05) is 12.1 Å². The molecule has 0 saturated carbocycles. The number of hydrogen-bond acceptors (Lipinski definition) is 6. The lowest BCUT2D eigenvalue weighted by atomic mass is 10.1. The van der Waals surface area contributed by atoms with Crippen LogP contribution in [0.3, 0.4) is 0 Å². The number of aliphatic imine (C=N–C) groups is 1. The Morgan fingerprint density at radius 3 is 2.60 bits per heavy atom. The summed E-state index contributed by atoms with van der Waals surface area (Å²) in [5.74, 6) is -3.35. The third kappa shape index (κ3) is 4.70. The van der Waals surface area contributed by atoms with E-state index in [1.165, 1.54) is 13.0 Å². The van der Waals surface area contributed by atoms with Gasteiger partial charge in [0.25, 0.3) is 10.0 Å². The largest absolute Gasteiger partial charge is 0.454 e. The summed E-state index contributed by atoms with van der Waals surface area (Å²) in [6, 6.07) is 9.10. The molecule has 0 aliphatic carbocycles. The van der Waals surface area contributed by atoms with Crippen molar-refractivity contribution in [2.24, 2.45) is 4.99 Å². The van der Waals surface area contributed by atoms with Crippen LogP contribution in [0.25, 0.3) is 0 Å². The number of nitrogens with zero attached hydrogens (tertiary/aromatic N) is 1. The molecule has 1 aliphatic heterocycles. The Morgan fingerprint density at radius 1 is 1.13 bits per heavy atom. The van der Waals surface area contributed by atoms with Crippen molar-refractivity contribution in [2.75, 3.05) is 6.54 Å². The van der Waals surface area contributed by atoms with E-state index >= 15 is 0 Å². The molecule has 0 fully saturated rings. The number of ether oxygens (including phenoxy) is 1. The minimum Gasteiger partial charge on any atom is -0.454 e. The van der Waals surface area contributed by atoms with Crippen LogP contribution in [-0.2, 0) is 19.6 Å². The molecule has 30 heavy (non-hydrogen) atoms. The van der Waals surface area contributed by atoms with E-state index in [0.717, 1.165) is 18.2 Å². The molecular formula is C20H18F2N2O5S. The molecular weight excluding hydrogens is 418 g/mol. The lowest BCUT2D eigenvalue weighted by molar-refractivity contribution is -0.146. The first kappa shape index (κ1) is 21.6. The molecule has 158 valence electrons. The average molecular weight is 436 g/mol. The molecule has 2 aromatic carbocycles. The Hall–Kier alpha value is -3.14. The number of carbonyl (C=O) groups excluding carboxylic acids is 2. The third-order valence-electron chi connectivity index (χ3n) is 4.35. The van der Waals surface area contributed by atoms with Crippen molar-refractivity contribution in [3.05, 3.63) is 65.2 Å². The molecule has 0 spiro atoms. The maximum absolute atomic E-state index is 13.2. The molecule has 1 heterocycles.